The highest BCUT2D eigenvalue weighted by molar-refractivity contribution is 5.88. The summed E-state index contributed by atoms with van der Waals surface area (Å²) in [4.78, 5) is 25.5. The number of rotatable bonds is 4. The van der Waals surface area contributed by atoms with Crippen LogP contribution in [0, 0.1) is 5.41 Å². The molecule has 156 valence electrons. The molecule has 2 saturated carbocycles. The van der Waals surface area contributed by atoms with Crippen LogP contribution >= 0.6 is 0 Å². The average Bonchev–Trinajstić information content (AvgIpc) is 3.66. The summed E-state index contributed by atoms with van der Waals surface area (Å²) in [5, 5.41) is 19.2. The van der Waals surface area contributed by atoms with Crippen LogP contribution in [0.1, 0.15) is 60.9 Å². The monoisotopic (exact) mass is 405 g/mol. The standard InChI is InChI=1S/C25H27NO4/c1-16-14-24(12-13-26(16)23(29)25(30)10-11-25)15-21(24)19-6-2-17(3-7-19)18-4-8-20(9-5-18)22(27)28/h2-9,16,21,30H,10-15H2,1H3,(H,27,28)/t16-,21-,24?/m1/s1. The van der Waals surface area contributed by atoms with Gasteiger partial charge in [-0.05, 0) is 79.2 Å². The molecule has 1 amide bonds. The van der Waals surface area contributed by atoms with Gasteiger partial charge in [-0.3, -0.25) is 4.79 Å². The van der Waals surface area contributed by atoms with Gasteiger partial charge in [-0.2, -0.15) is 0 Å². The first-order valence-corrected chi connectivity index (χ1v) is 10.8. The first-order valence-electron chi connectivity index (χ1n) is 10.8. The van der Waals surface area contributed by atoms with Crippen molar-refractivity contribution in [1.29, 1.82) is 0 Å². The summed E-state index contributed by atoms with van der Waals surface area (Å²) in [7, 11) is 0. The fourth-order valence-corrected chi connectivity index (χ4v) is 5.30. The zero-order valence-electron chi connectivity index (χ0n) is 17.2. The number of aromatic carboxylic acids is 1. The van der Waals surface area contributed by atoms with Crippen LogP contribution in [0.15, 0.2) is 48.5 Å². The van der Waals surface area contributed by atoms with E-state index in [9.17, 15) is 14.7 Å². The van der Waals surface area contributed by atoms with E-state index in [1.165, 1.54) is 5.56 Å². The van der Waals surface area contributed by atoms with Crippen LogP contribution in [-0.2, 0) is 4.79 Å². The molecule has 1 saturated heterocycles. The highest BCUT2D eigenvalue weighted by Crippen LogP contribution is 2.66. The van der Waals surface area contributed by atoms with Crippen molar-refractivity contribution in [2.45, 2.75) is 56.6 Å². The molecule has 3 fully saturated rings. The molecule has 2 N–H and O–H groups in total. The number of hydrogen-bond donors (Lipinski definition) is 2. The van der Waals surface area contributed by atoms with E-state index >= 15 is 0 Å². The highest BCUT2D eigenvalue weighted by Gasteiger charge is 2.59. The number of piperidine rings is 1. The lowest BCUT2D eigenvalue weighted by molar-refractivity contribution is -0.146. The van der Waals surface area contributed by atoms with Crippen molar-refractivity contribution in [2.75, 3.05) is 6.54 Å². The van der Waals surface area contributed by atoms with E-state index in [2.05, 4.69) is 31.2 Å². The van der Waals surface area contributed by atoms with Crippen molar-refractivity contribution < 1.29 is 19.8 Å². The number of amides is 1. The Bertz CT molecular complexity index is 993. The molecule has 0 bridgehead atoms. The number of likely N-dealkylation sites (tertiary alicyclic amines) is 1. The Morgan fingerprint density at radius 3 is 2.07 bits per heavy atom. The van der Waals surface area contributed by atoms with Crippen molar-refractivity contribution in [3.63, 3.8) is 0 Å². The van der Waals surface area contributed by atoms with Gasteiger partial charge in [-0.25, -0.2) is 4.79 Å². The minimum Gasteiger partial charge on any atom is -0.478 e. The van der Waals surface area contributed by atoms with Crippen molar-refractivity contribution in [3.05, 3.63) is 59.7 Å². The van der Waals surface area contributed by atoms with Gasteiger partial charge in [-0.1, -0.05) is 36.4 Å². The number of carbonyl (C=O) groups excluding carboxylic acids is 1. The number of carboxylic acid groups (broad SMARTS) is 1. The predicted octanol–water partition coefficient (Wildman–Crippen LogP) is 4.06. The van der Waals surface area contributed by atoms with Crippen molar-refractivity contribution in [1.82, 2.24) is 4.90 Å². The zero-order valence-corrected chi connectivity index (χ0v) is 17.2. The number of hydrogen-bond acceptors (Lipinski definition) is 3. The van der Waals surface area contributed by atoms with Crippen LogP contribution in [0.25, 0.3) is 11.1 Å². The van der Waals surface area contributed by atoms with E-state index in [4.69, 9.17) is 5.11 Å². The maximum absolute atomic E-state index is 12.5. The second kappa shape index (κ2) is 6.67. The molecule has 2 aliphatic carbocycles. The lowest BCUT2D eigenvalue weighted by Crippen LogP contribution is -2.50. The minimum atomic E-state index is -1.07. The third-order valence-electron chi connectivity index (χ3n) is 7.44. The lowest BCUT2D eigenvalue weighted by Gasteiger charge is -2.40. The van der Waals surface area contributed by atoms with Gasteiger partial charge >= 0.3 is 5.97 Å². The third kappa shape index (κ3) is 3.21. The van der Waals surface area contributed by atoms with Gasteiger partial charge < -0.3 is 15.1 Å². The van der Waals surface area contributed by atoms with Crippen molar-refractivity contribution >= 4 is 11.9 Å². The minimum absolute atomic E-state index is 0.0691. The van der Waals surface area contributed by atoms with Gasteiger partial charge in [0, 0.05) is 12.6 Å². The van der Waals surface area contributed by atoms with E-state index < -0.39 is 11.6 Å². The van der Waals surface area contributed by atoms with Gasteiger partial charge in [0.1, 0.15) is 5.60 Å². The Morgan fingerprint density at radius 1 is 0.933 bits per heavy atom. The molecule has 0 radical (unpaired) electrons. The van der Waals surface area contributed by atoms with Gasteiger partial charge in [0.25, 0.3) is 5.91 Å². The van der Waals surface area contributed by atoms with E-state index in [-0.39, 0.29) is 17.4 Å². The first-order chi connectivity index (χ1) is 14.3. The number of carboxylic acids is 1. The molecule has 1 heterocycles. The molecule has 1 unspecified atom stereocenters. The molecular formula is C25H27NO4. The average molecular weight is 405 g/mol. The number of carbonyl (C=O) groups is 2. The van der Waals surface area contributed by atoms with Crippen LogP contribution < -0.4 is 0 Å². The summed E-state index contributed by atoms with van der Waals surface area (Å²) < 4.78 is 0. The maximum Gasteiger partial charge on any atom is 0.335 e. The molecule has 5 rings (SSSR count). The van der Waals surface area contributed by atoms with Crippen LogP contribution in [-0.4, -0.2) is 45.2 Å². The topological polar surface area (TPSA) is 77.8 Å². The maximum atomic E-state index is 12.5. The Labute approximate surface area is 176 Å². The third-order valence-corrected chi connectivity index (χ3v) is 7.44. The molecule has 5 heteroatoms. The zero-order chi connectivity index (χ0) is 21.1. The van der Waals surface area contributed by atoms with Gasteiger partial charge in [0.15, 0.2) is 0 Å². The van der Waals surface area contributed by atoms with Crippen LogP contribution in [0.2, 0.25) is 0 Å². The van der Waals surface area contributed by atoms with Gasteiger partial charge in [0.05, 0.1) is 5.56 Å². The number of aliphatic hydroxyl groups is 1. The quantitative estimate of drug-likeness (QED) is 0.804. The SMILES string of the molecule is C[C@@H]1CC2(CCN1C(=O)C1(O)CC1)C[C@@H]2c1ccc(-c2ccc(C(=O)O)cc2)cc1. The highest BCUT2D eigenvalue weighted by atomic mass is 16.4. The Balaban J connectivity index is 1.26. The van der Waals surface area contributed by atoms with Crippen LogP contribution in [0.5, 0.6) is 0 Å². The summed E-state index contributed by atoms with van der Waals surface area (Å²) in [6.07, 6.45) is 4.37. The van der Waals surface area contributed by atoms with Crippen LogP contribution in [0.4, 0.5) is 0 Å². The molecular weight excluding hydrogens is 378 g/mol. The van der Waals surface area contributed by atoms with Crippen LogP contribution in [0.3, 0.4) is 0 Å². The Hall–Kier alpha value is -2.66. The summed E-state index contributed by atoms with van der Waals surface area (Å²) in [5.41, 5.74) is 2.94. The van der Waals surface area contributed by atoms with Crippen molar-refractivity contribution in [3.8, 4) is 11.1 Å². The summed E-state index contributed by atoms with van der Waals surface area (Å²) in [5.74, 6) is -0.450. The normalized spacial score (nSPS) is 28.9. The van der Waals surface area contributed by atoms with E-state index in [0.717, 1.165) is 36.9 Å². The summed E-state index contributed by atoms with van der Waals surface area (Å²) in [6.45, 7) is 2.86. The number of benzene rings is 2. The molecule has 30 heavy (non-hydrogen) atoms. The largest absolute Gasteiger partial charge is 0.478 e. The van der Waals surface area contributed by atoms with E-state index in [0.29, 0.717) is 24.3 Å². The smallest absolute Gasteiger partial charge is 0.335 e. The molecule has 2 aromatic rings. The molecule has 1 spiro atoms. The van der Waals surface area contributed by atoms with Gasteiger partial charge in [-0.15, -0.1) is 0 Å². The molecule has 2 aromatic carbocycles. The molecule has 0 aromatic heterocycles. The lowest BCUT2D eigenvalue weighted by atomic mass is 9.84. The molecule has 3 aliphatic rings. The van der Waals surface area contributed by atoms with E-state index in [1.54, 1.807) is 12.1 Å². The predicted molar refractivity (Wildman–Crippen MR) is 113 cm³/mol. The Morgan fingerprint density at radius 2 is 1.53 bits per heavy atom. The molecule has 5 nitrogen and oxygen atoms in total. The second-order valence-corrected chi connectivity index (χ2v) is 9.46. The Kier molecular flexibility index (Phi) is 4.30. The second-order valence-electron chi connectivity index (χ2n) is 9.46. The van der Waals surface area contributed by atoms with E-state index in [1.807, 2.05) is 17.0 Å². The van der Waals surface area contributed by atoms with Gasteiger partial charge in [0.2, 0.25) is 0 Å². The number of nitrogens with zero attached hydrogens (tertiary/aromatic N) is 1. The fraction of sp³-hybridized carbons (Fsp3) is 0.440. The molecule has 1 aliphatic heterocycles. The summed E-state index contributed by atoms with van der Waals surface area (Å²) >= 11 is 0. The van der Waals surface area contributed by atoms with Crippen molar-refractivity contribution in [2.24, 2.45) is 5.41 Å². The summed E-state index contributed by atoms with van der Waals surface area (Å²) in [6, 6.07) is 15.7. The molecule has 3 atom stereocenters. The fourth-order valence-electron chi connectivity index (χ4n) is 5.30. The first kappa shape index (κ1) is 19.3.